The molecule has 1 N–H and O–H groups in total. The lowest BCUT2D eigenvalue weighted by Gasteiger charge is -2.11. The minimum atomic E-state index is -0.439. The number of nitrogens with one attached hydrogen (secondary N) is 1. The molecule has 118 valence electrons. The number of aromatic amines is 1. The molecule has 0 aliphatic heterocycles. The zero-order chi connectivity index (χ0) is 17.1. The number of hydrogen-bond acceptors (Lipinski definition) is 3. The van der Waals surface area contributed by atoms with Gasteiger partial charge in [-0.3, -0.25) is 4.79 Å². The predicted octanol–water partition coefficient (Wildman–Crippen LogP) is 4.24. The molecule has 0 fully saturated rings. The lowest BCUT2D eigenvalue weighted by Crippen LogP contribution is -2.12. The van der Waals surface area contributed by atoms with Crippen molar-refractivity contribution in [3.8, 4) is 34.2 Å². The summed E-state index contributed by atoms with van der Waals surface area (Å²) in [6, 6.07) is 18.2. The highest BCUT2D eigenvalue weighted by atomic mass is 35.5. The molecule has 0 bridgehead atoms. The first-order valence-corrected chi connectivity index (χ1v) is 7.58. The summed E-state index contributed by atoms with van der Waals surface area (Å²) in [6.07, 6.45) is 0. The van der Waals surface area contributed by atoms with Crippen molar-refractivity contribution in [3.63, 3.8) is 0 Å². The average Bonchev–Trinajstić information content (AvgIpc) is 2.61. The molecular formula is C19H13ClN2O2. The van der Waals surface area contributed by atoms with Gasteiger partial charge in [-0.15, -0.1) is 0 Å². The third-order valence-corrected chi connectivity index (χ3v) is 3.95. The van der Waals surface area contributed by atoms with Crippen LogP contribution in [0.3, 0.4) is 0 Å². The Hall–Kier alpha value is -3.03. The number of nitrogens with zero attached hydrogens (tertiary/aromatic N) is 1. The van der Waals surface area contributed by atoms with E-state index in [1.165, 1.54) is 0 Å². The summed E-state index contributed by atoms with van der Waals surface area (Å²) in [6.45, 7) is 0. The molecule has 24 heavy (non-hydrogen) atoms. The third kappa shape index (κ3) is 2.90. The summed E-state index contributed by atoms with van der Waals surface area (Å²) < 4.78 is 5.36. The zero-order valence-electron chi connectivity index (χ0n) is 12.8. The molecular weight excluding hydrogens is 324 g/mol. The van der Waals surface area contributed by atoms with E-state index >= 15 is 0 Å². The molecule has 0 atom stereocenters. The molecule has 0 spiro atoms. The lowest BCUT2D eigenvalue weighted by atomic mass is 9.98. The van der Waals surface area contributed by atoms with Gasteiger partial charge >= 0.3 is 0 Å². The van der Waals surface area contributed by atoms with Crippen LogP contribution in [0.1, 0.15) is 5.56 Å². The summed E-state index contributed by atoms with van der Waals surface area (Å²) in [5.41, 5.74) is 2.25. The van der Waals surface area contributed by atoms with Gasteiger partial charge in [0.15, 0.2) is 0 Å². The highest BCUT2D eigenvalue weighted by Crippen LogP contribution is 2.33. The second-order valence-electron chi connectivity index (χ2n) is 5.12. The number of rotatable bonds is 3. The fraction of sp³-hybridized carbons (Fsp3) is 0.0526. The fourth-order valence-electron chi connectivity index (χ4n) is 2.54. The second kappa shape index (κ2) is 6.61. The van der Waals surface area contributed by atoms with Crippen molar-refractivity contribution in [1.29, 1.82) is 5.26 Å². The summed E-state index contributed by atoms with van der Waals surface area (Å²) >= 11 is 5.91. The van der Waals surface area contributed by atoms with Crippen molar-refractivity contribution in [2.75, 3.05) is 7.11 Å². The Labute approximate surface area is 143 Å². The quantitative estimate of drug-likeness (QED) is 0.777. The van der Waals surface area contributed by atoms with Crippen molar-refractivity contribution >= 4 is 11.6 Å². The van der Waals surface area contributed by atoms with Gasteiger partial charge in [0.1, 0.15) is 17.4 Å². The van der Waals surface area contributed by atoms with Crippen LogP contribution in [0.2, 0.25) is 5.02 Å². The van der Waals surface area contributed by atoms with Crippen LogP contribution in [0.25, 0.3) is 22.4 Å². The summed E-state index contributed by atoms with van der Waals surface area (Å²) in [7, 11) is 1.55. The molecule has 0 radical (unpaired) electrons. The Morgan fingerprint density at radius 3 is 2.46 bits per heavy atom. The SMILES string of the molecule is COc1ccccc1-c1cc(-c2ccc(Cl)cc2)[nH]c(=O)c1C#N. The number of methoxy groups -OCH3 is 1. The largest absolute Gasteiger partial charge is 0.496 e. The van der Waals surface area contributed by atoms with E-state index in [1.54, 1.807) is 31.4 Å². The molecule has 0 saturated heterocycles. The van der Waals surface area contributed by atoms with Crippen LogP contribution < -0.4 is 10.3 Å². The van der Waals surface area contributed by atoms with Gasteiger partial charge in [-0.2, -0.15) is 5.26 Å². The number of hydrogen-bond donors (Lipinski definition) is 1. The third-order valence-electron chi connectivity index (χ3n) is 3.70. The van der Waals surface area contributed by atoms with Crippen molar-refractivity contribution < 1.29 is 4.74 Å². The molecule has 4 nitrogen and oxygen atoms in total. The predicted molar refractivity (Wildman–Crippen MR) is 94.2 cm³/mol. The number of para-hydroxylation sites is 1. The van der Waals surface area contributed by atoms with E-state index < -0.39 is 5.56 Å². The van der Waals surface area contributed by atoms with Crippen molar-refractivity contribution in [2.24, 2.45) is 0 Å². The fourth-order valence-corrected chi connectivity index (χ4v) is 2.66. The first-order valence-electron chi connectivity index (χ1n) is 7.21. The molecule has 0 saturated carbocycles. The summed E-state index contributed by atoms with van der Waals surface area (Å²) in [5, 5.41) is 10.0. The average molecular weight is 337 g/mol. The van der Waals surface area contributed by atoms with Gasteiger partial charge in [-0.05, 0) is 29.8 Å². The first kappa shape index (κ1) is 15.9. The molecule has 0 aliphatic rings. The van der Waals surface area contributed by atoms with Crippen molar-refractivity contribution in [3.05, 3.63) is 75.5 Å². The van der Waals surface area contributed by atoms with E-state index in [-0.39, 0.29) is 5.56 Å². The molecule has 3 aromatic rings. The number of ether oxygens (including phenoxy) is 1. The molecule has 0 aliphatic carbocycles. The van der Waals surface area contributed by atoms with E-state index in [9.17, 15) is 10.1 Å². The minimum Gasteiger partial charge on any atom is -0.496 e. The maximum Gasteiger partial charge on any atom is 0.266 e. The zero-order valence-corrected chi connectivity index (χ0v) is 13.6. The van der Waals surface area contributed by atoms with E-state index in [4.69, 9.17) is 16.3 Å². The normalized spacial score (nSPS) is 10.2. The number of benzene rings is 2. The molecule has 0 unspecified atom stereocenters. The van der Waals surface area contributed by atoms with Crippen LogP contribution in [-0.2, 0) is 0 Å². The Kier molecular flexibility index (Phi) is 4.37. The van der Waals surface area contributed by atoms with E-state index in [1.807, 2.05) is 36.4 Å². The summed E-state index contributed by atoms with van der Waals surface area (Å²) in [5.74, 6) is 0.599. The van der Waals surface area contributed by atoms with Gasteiger partial charge in [0.2, 0.25) is 0 Å². The highest BCUT2D eigenvalue weighted by molar-refractivity contribution is 6.30. The second-order valence-corrected chi connectivity index (χ2v) is 5.56. The molecule has 0 amide bonds. The molecule has 2 aromatic carbocycles. The standard InChI is InChI=1S/C19H13ClN2O2/c1-24-18-5-3-2-4-14(18)15-10-17(22-19(23)16(15)11-21)12-6-8-13(20)9-7-12/h2-10H,1H3,(H,22,23). The van der Waals surface area contributed by atoms with E-state index in [0.29, 0.717) is 27.6 Å². The lowest BCUT2D eigenvalue weighted by molar-refractivity contribution is 0.416. The monoisotopic (exact) mass is 336 g/mol. The smallest absolute Gasteiger partial charge is 0.266 e. The number of halogens is 1. The maximum absolute atomic E-state index is 12.4. The number of H-pyrrole nitrogens is 1. The van der Waals surface area contributed by atoms with Crippen LogP contribution in [0.5, 0.6) is 5.75 Å². The topological polar surface area (TPSA) is 65.9 Å². The van der Waals surface area contributed by atoms with Crippen LogP contribution in [-0.4, -0.2) is 12.1 Å². The van der Waals surface area contributed by atoms with Gasteiger partial charge in [0, 0.05) is 21.8 Å². The Balaban J connectivity index is 2.27. The molecule has 5 heteroatoms. The van der Waals surface area contributed by atoms with Gasteiger partial charge in [0.05, 0.1) is 7.11 Å². The Bertz CT molecular complexity index is 985. The van der Waals surface area contributed by atoms with E-state index in [2.05, 4.69) is 4.98 Å². The number of pyridine rings is 1. The Morgan fingerprint density at radius 2 is 1.79 bits per heavy atom. The van der Waals surface area contributed by atoms with Crippen molar-refractivity contribution in [2.45, 2.75) is 0 Å². The molecule has 1 heterocycles. The first-order chi connectivity index (χ1) is 11.6. The van der Waals surface area contributed by atoms with Crippen LogP contribution in [0.4, 0.5) is 0 Å². The maximum atomic E-state index is 12.4. The minimum absolute atomic E-state index is 0.0530. The highest BCUT2D eigenvalue weighted by Gasteiger charge is 2.15. The van der Waals surface area contributed by atoms with Gasteiger partial charge in [-0.1, -0.05) is 41.9 Å². The van der Waals surface area contributed by atoms with Gasteiger partial charge in [-0.25, -0.2) is 0 Å². The van der Waals surface area contributed by atoms with Crippen LogP contribution >= 0.6 is 11.6 Å². The number of nitriles is 1. The van der Waals surface area contributed by atoms with Crippen LogP contribution in [0, 0.1) is 11.3 Å². The Morgan fingerprint density at radius 1 is 1.08 bits per heavy atom. The molecule has 3 rings (SSSR count). The molecule has 1 aromatic heterocycles. The summed E-state index contributed by atoms with van der Waals surface area (Å²) in [4.78, 5) is 15.1. The van der Waals surface area contributed by atoms with E-state index in [0.717, 1.165) is 5.56 Å². The van der Waals surface area contributed by atoms with Gasteiger partial charge in [0.25, 0.3) is 5.56 Å². The number of aromatic nitrogens is 1. The van der Waals surface area contributed by atoms with Crippen molar-refractivity contribution in [1.82, 2.24) is 4.98 Å². The van der Waals surface area contributed by atoms with Gasteiger partial charge < -0.3 is 9.72 Å². The van der Waals surface area contributed by atoms with Crippen LogP contribution in [0.15, 0.2) is 59.4 Å².